The van der Waals surface area contributed by atoms with E-state index in [1.165, 1.54) is 43.2 Å². The van der Waals surface area contributed by atoms with Gasteiger partial charge >= 0.3 is 29.6 Å². The predicted molar refractivity (Wildman–Crippen MR) is 316 cm³/mol. The molecule has 0 spiro atoms. The van der Waals surface area contributed by atoms with Crippen LogP contribution in [0, 0.1) is 5.92 Å². The van der Waals surface area contributed by atoms with Crippen LogP contribution in [-0.4, -0.2) is 202 Å². The number of fused-ring (bicyclic) bond motifs is 2. The van der Waals surface area contributed by atoms with Gasteiger partial charge in [0.25, 0.3) is 18.2 Å². The first-order chi connectivity index (χ1) is 42.9. The van der Waals surface area contributed by atoms with Crippen molar-refractivity contribution >= 4 is 70.9 Å². The van der Waals surface area contributed by atoms with E-state index in [0.717, 1.165) is 75.4 Å². The second kappa shape index (κ2) is 34.3. The number of phenolic OH excluding ortho intramolecular Hbond substituents is 1. The van der Waals surface area contributed by atoms with E-state index in [1.807, 2.05) is 24.3 Å². The number of rotatable bonds is 22. The van der Waals surface area contributed by atoms with Crippen LogP contribution in [-0.2, 0) is 42.9 Å². The summed E-state index contributed by atoms with van der Waals surface area (Å²) >= 11 is 1.31. The number of aliphatic hydroxyl groups is 7. The predicted octanol–water partition coefficient (Wildman–Crippen LogP) is -4.98. The van der Waals surface area contributed by atoms with Gasteiger partial charge in [0.2, 0.25) is 41.4 Å². The molecule has 490 valence electrons. The largest absolute Gasteiger partial charge is 1.00 e. The van der Waals surface area contributed by atoms with Crippen LogP contribution >= 0.6 is 23.7 Å². The second-order valence-electron chi connectivity index (χ2n) is 22.2. The third kappa shape index (κ3) is 19.3. The first kappa shape index (κ1) is 73.5. The number of carbonyl (C=O) groups is 8. The van der Waals surface area contributed by atoms with Crippen LogP contribution in [0.2, 0.25) is 0 Å². The Morgan fingerprint density at radius 1 is 0.813 bits per heavy atom. The van der Waals surface area contributed by atoms with Gasteiger partial charge in [-0.1, -0.05) is 57.7 Å². The van der Waals surface area contributed by atoms with Crippen molar-refractivity contribution in [3.63, 3.8) is 0 Å². The molecule has 7 rings (SSSR count). The van der Waals surface area contributed by atoms with Gasteiger partial charge < -0.3 is 97.1 Å². The number of hydrogen-bond acceptors (Lipinski definition) is 24. The monoisotopic (exact) mass is 1320 g/mol. The minimum Gasteiger partial charge on any atom is -0.691 e. The summed E-state index contributed by atoms with van der Waals surface area (Å²) in [5.74, 6) is -11.2. The molecule has 3 saturated heterocycles. The number of nitrogens with one attached hydrogen (secondary N) is 5. The molecular formula is C58H74N9NaO21S2. The molecule has 4 heterocycles. The fourth-order valence-electron chi connectivity index (χ4n) is 10.6. The number of unbranched alkanes of at least 4 members (excludes halogenated alkanes) is 4. The summed E-state index contributed by atoms with van der Waals surface area (Å²) < 4.78 is 15.0. The van der Waals surface area contributed by atoms with Crippen LogP contribution in [0.4, 0.5) is 0 Å². The molecule has 3 aromatic carbocycles. The van der Waals surface area contributed by atoms with Crippen molar-refractivity contribution in [1.29, 1.82) is 0 Å². The molecule has 0 radical (unpaired) electrons. The molecule has 15 N–H and O–H groups in total. The maximum Gasteiger partial charge on any atom is 1.00 e. The number of phenols is 1. The van der Waals surface area contributed by atoms with Gasteiger partial charge in [0.1, 0.15) is 59.2 Å². The van der Waals surface area contributed by atoms with E-state index in [1.54, 1.807) is 18.3 Å². The Labute approximate surface area is 552 Å². The number of aromatic hydroxyl groups is 1. The van der Waals surface area contributed by atoms with Crippen LogP contribution in [0.3, 0.4) is 0 Å². The number of β-amino-alcohol motifs (C(OH)–C–C–N with tert-alkyl or cyclic N) is 1. The van der Waals surface area contributed by atoms with E-state index in [2.05, 4.69) is 47.9 Å². The van der Waals surface area contributed by atoms with Gasteiger partial charge in [0, 0.05) is 55.7 Å². The van der Waals surface area contributed by atoms with Crippen molar-refractivity contribution in [2.75, 3.05) is 26.2 Å². The molecule has 0 saturated carbocycles. The Morgan fingerprint density at radius 3 is 2.14 bits per heavy atom. The smallest absolute Gasteiger partial charge is 0.691 e. The van der Waals surface area contributed by atoms with Crippen molar-refractivity contribution in [1.82, 2.24) is 41.4 Å². The van der Waals surface area contributed by atoms with Crippen LogP contribution < -0.4 is 76.1 Å². The van der Waals surface area contributed by atoms with Crippen molar-refractivity contribution in [3.8, 4) is 38.3 Å². The van der Waals surface area contributed by atoms with Crippen molar-refractivity contribution in [3.05, 3.63) is 84.1 Å². The molecule has 14 atom stereocenters. The fourth-order valence-corrected chi connectivity index (χ4v) is 11.8. The standard InChI is InChI=1S/C58H75N9O21S2.Na/c1-4-5-6-7-8-19-85-36-16-13-32(14-17-36)56-61-25-42(89-56)30-9-11-31(12-10-30)51(77)62-37-21-34(69)24-60-55(81)47-48(74)28(2)26-67(47)58(83)45(40(72)23-43(59)73)64-54(80)46(50(76)49(75)33-15-18-39(71)41(20-33)86-90-88-87-84)65-53(79)38-22-35(70)27-66(38)57(82)44(29(3)68)63-52(37)78;/h9-18,20,25,28-29,34-35,37-38,40,44-50,68-72,74-76,84H,4-8,19,21-24,26-27H2,1-3H3,(H2,59,73)(H,60,81)(H,62,77)(H,63,78)(H,64,80)(H,65,79);/q;+1/p-1. The van der Waals surface area contributed by atoms with Crippen LogP contribution in [0.5, 0.6) is 17.2 Å². The van der Waals surface area contributed by atoms with Gasteiger partial charge in [-0.15, -0.1) is 15.7 Å². The van der Waals surface area contributed by atoms with Gasteiger partial charge in [-0.3, -0.25) is 43.4 Å². The molecule has 1 aromatic heterocycles. The summed E-state index contributed by atoms with van der Waals surface area (Å²) in [6, 6.07) is 4.39. The zero-order chi connectivity index (χ0) is 65.5. The van der Waals surface area contributed by atoms with E-state index < -0.39 is 183 Å². The molecule has 30 nitrogen and oxygen atoms in total. The summed E-state index contributed by atoms with van der Waals surface area (Å²) in [6.45, 7) is 3.48. The molecule has 33 heteroatoms. The summed E-state index contributed by atoms with van der Waals surface area (Å²) in [7, 11) is 0. The number of carbonyl (C=O) groups excluding carboxylic acids is 8. The van der Waals surface area contributed by atoms with Crippen LogP contribution in [0.1, 0.15) is 94.2 Å². The Bertz CT molecular complexity index is 3150. The number of nitrogens with two attached hydrogens (primary N) is 1. The van der Waals surface area contributed by atoms with E-state index in [9.17, 15) is 84.5 Å². The molecule has 3 aliphatic heterocycles. The van der Waals surface area contributed by atoms with E-state index in [4.69, 9.17) is 14.7 Å². The normalized spacial score (nSPS) is 25.0. The quantitative estimate of drug-likeness (QED) is 0.0115. The van der Waals surface area contributed by atoms with Gasteiger partial charge in [0.15, 0.2) is 11.5 Å². The SMILES string of the molecule is CCCCCCCOc1ccc(-c2ncc(-c3ccc(C(=O)NC4CC(O)CNC(=O)C5C(O)C(C)CN5C(=O)C(C(O)CC(N)=O)NC(=O)C(C(O)C(O)c5ccc(O)c(OSOO[O-])c5)NC(=O)C5CC(O)CN5C(=O)C(C(C)O)NC4=O)cc3)s2)cc1.[Na+]. The Morgan fingerprint density at radius 2 is 1.47 bits per heavy atom. The minimum absolute atomic E-state index is 0. The molecule has 3 aliphatic rings. The number of nitrogens with zero attached hydrogens (tertiary/aromatic N) is 3. The zero-order valence-corrected chi connectivity index (χ0v) is 53.7. The first-order valence-electron chi connectivity index (χ1n) is 29.0. The second-order valence-corrected chi connectivity index (χ2v) is 23.7. The number of aromatic nitrogens is 1. The van der Waals surface area contributed by atoms with Crippen molar-refractivity contribution in [2.24, 2.45) is 11.7 Å². The number of thiazole rings is 1. The number of aliphatic hydroxyl groups excluding tert-OH is 7. The third-order valence-corrected chi connectivity index (χ3v) is 16.9. The third-order valence-electron chi connectivity index (χ3n) is 15.5. The van der Waals surface area contributed by atoms with Crippen molar-refractivity contribution < 1.29 is 132 Å². The summed E-state index contributed by atoms with van der Waals surface area (Å²) in [6.07, 6.45) is -8.88. The van der Waals surface area contributed by atoms with Gasteiger partial charge in [-0.25, -0.2) is 4.98 Å². The molecular weight excluding hydrogens is 1250 g/mol. The van der Waals surface area contributed by atoms with Gasteiger partial charge in [-0.2, -0.15) is 0 Å². The summed E-state index contributed by atoms with van der Waals surface area (Å²) in [5, 5.41) is 116. The van der Waals surface area contributed by atoms with Crippen LogP contribution in [0.25, 0.3) is 21.0 Å². The maximum absolute atomic E-state index is 14.7. The number of hydrogen-bond donors (Lipinski definition) is 14. The molecule has 0 aliphatic carbocycles. The molecule has 91 heavy (non-hydrogen) atoms. The Balaban J connectivity index is 0.0000132. The van der Waals surface area contributed by atoms with Gasteiger partial charge in [-0.05, 0) is 73.0 Å². The first-order valence-corrected chi connectivity index (χ1v) is 30.5. The average molecular weight is 1320 g/mol. The molecule has 3 fully saturated rings. The Kier molecular flexibility index (Phi) is 27.7. The number of ether oxygens (including phenoxy) is 1. The molecule has 14 unspecified atom stereocenters. The van der Waals surface area contributed by atoms with E-state index in [0.29, 0.717) is 12.2 Å². The van der Waals surface area contributed by atoms with Crippen LogP contribution in [0.15, 0.2) is 72.9 Å². The Hall–Kier alpha value is -6.60. The minimum atomic E-state index is -2.54. The summed E-state index contributed by atoms with van der Waals surface area (Å²) in [5.41, 5.74) is 6.57. The van der Waals surface area contributed by atoms with Crippen molar-refractivity contribution in [2.45, 2.75) is 151 Å². The van der Waals surface area contributed by atoms with E-state index in [-0.39, 0.29) is 53.0 Å². The average Bonchev–Trinajstić information content (AvgIpc) is 1.81. The topological polar surface area (TPSA) is 464 Å². The van der Waals surface area contributed by atoms with Gasteiger partial charge in [0.05, 0.1) is 48.4 Å². The molecule has 0 bridgehead atoms. The zero-order valence-electron chi connectivity index (χ0n) is 50.1. The summed E-state index contributed by atoms with van der Waals surface area (Å²) in [4.78, 5) is 120. The fraction of sp³-hybridized carbons (Fsp3) is 0.500. The molecule has 8 amide bonds. The number of benzene rings is 3. The molecule has 4 aromatic rings. The number of amides is 8. The van der Waals surface area contributed by atoms with E-state index >= 15 is 0 Å². The number of primary amides is 1. The maximum atomic E-state index is 14.7.